The van der Waals surface area contributed by atoms with E-state index < -0.39 is 42.1 Å². The van der Waals surface area contributed by atoms with Gasteiger partial charge in [-0.25, -0.2) is 9.37 Å². The van der Waals surface area contributed by atoms with Crippen molar-refractivity contribution in [1.82, 2.24) is 4.98 Å². The normalized spacial score (nSPS) is 12.4. The summed E-state index contributed by atoms with van der Waals surface area (Å²) in [7, 11) is 0.862. The number of ether oxygens (including phenoxy) is 2. The number of aromatic nitrogens is 1. The Bertz CT molecular complexity index is 455. The summed E-state index contributed by atoms with van der Waals surface area (Å²) in [5, 5.41) is 0. The summed E-state index contributed by atoms with van der Waals surface area (Å²) in [6.07, 6.45) is -10.3. The molecule has 0 amide bonds. The molecule has 0 atom stereocenters. The molecule has 1 aromatic heterocycles. The summed E-state index contributed by atoms with van der Waals surface area (Å²) in [6, 6.07) is -0.00572. The lowest BCUT2D eigenvalue weighted by Crippen LogP contribution is -2.19. The number of alkyl halides is 7. The third-order valence-corrected chi connectivity index (χ3v) is 1.88. The van der Waals surface area contributed by atoms with E-state index in [1.165, 1.54) is 0 Å². The number of hydrogen-bond donors (Lipinski definition) is 0. The first-order chi connectivity index (χ1) is 8.58. The number of methoxy groups -OCH3 is 1. The van der Waals surface area contributed by atoms with Gasteiger partial charge in [0, 0.05) is 6.07 Å². The lowest BCUT2D eigenvalue weighted by atomic mass is 10.2. The van der Waals surface area contributed by atoms with Gasteiger partial charge in [0.05, 0.1) is 18.4 Å². The highest BCUT2D eigenvalue weighted by Crippen LogP contribution is 2.39. The average molecular weight is 293 g/mol. The van der Waals surface area contributed by atoms with Crippen molar-refractivity contribution < 1.29 is 40.2 Å². The van der Waals surface area contributed by atoms with Crippen LogP contribution in [-0.4, -0.2) is 18.5 Å². The zero-order valence-electron chi connectivity index (χ0n) is 9.19. The van der Waals surface area contributed by atoms with Crippen LogP contribution in [0.3, 0.4) is 0 Å². The molecule has 0 bridgehead atoms. The Morgan fingerprint density at radius 1 is 1.16 bits per heavy atom. The average Bonchev–Trinajstić information content (AvgIpc) is 2.25. The Hall–Kier alpha value is -1.74. The second-order valence-corrected chi connectivity index (χ2v) is 3.17. The first kappa shape index (κ1) is 15.3. The highest BCUT2D eigenvalue weighted by molar-refractivity contribution is 5.41. The zero-order valence-corrected chi connectivity index (χ0v) is 9.19. The molecular formula is C9H6F7NO2. The predicted octanol–water partition coefficient (Wildman–Crippen LogP) is 3.48. The van der Waals surface area contributed by atoms with Crippen LogP contribution in [0.1, 0.15) is 11.3 Å². The highest BCUT2D eigenvalue weighted by atomic mass is 19.4. The van der Waals surface area contributed by atoms with Crippen molar-refractivity contribution in [2.24, 2.45) is 0 Å². The van der Waals surface area contributed by atoms with Gasteiger partial charge in [0.25, 0.3) is 5.88 Å². The SMILES string of the molecule is COc1nc(CF)c(C(F)(F)F)cc1OC(F)(F)F. The van der Waals surface area contributed by atoms with Crippen LogP contribution >= 0.6 is 0 Å². The molecule has 0 aliphatic carbocycles. The fourth-order valence-electron chi connectivity index (χ4n) is 1.21. The molecule has 0 unspecified atom stereocenters. The number of hydrogen-bond acceptors (Lipinski definition) is 3. The summed E-state index contributed by atoms with van der Waals surface area (Å²) >= 11 is 0. The van der Waals surface area contributed by atoms with Gasteiger partial charge in [0.1, 0.15) is 6.67 Å². The molecule has 0 aromatic carbocycles. The third kappa shape index (κ3) is 3.86. The standard InChI is InChI=1S/C9H6F7NO2/c1-18-7-6(19-9(14,15)16)2-4(8(11,12)13)5(3-10)17-7/h2H,3H2,1H3. The summed E-state index contributed by atoms with van der Waals surface area (Å²) in [5.74, 6) is -2.18. The second kappa shape index (κ2) is 5.10. The van der Waals surface area contributed by atoms with Crippen molar-refractivity contribution in [2.45, 2.75) is 19.2 Å². The van der Waals surface area contributed by atoms with Gasteiger partial charge >= 0.3 is 12.5 Å². The van der Waals surface area contributed by atoms with Gasteiger partial charge in [0.15, 0.2) is 5.75 Å². The summed E-state index contributed by atoms with van der Waals surface area (Å²) in [6.45, 7) is -1.61. The van der Waals surface area contributed by atoms with Crippen molar-refractivity contribution in [3.8, 4) is 11.6 Å². The van der Waals surface area contributed by atoms with Gasteiger partial charge in [-0.1, -0.05) is 0 Å². The molecule has 0 saturated carbocycles. The minimum atomic E-state index is -5.23. The Balaban J connectivity index is 3.38. The molecule has 0 N–H and O–H groups in total. The van der Waals surface area contributed by atoms with Crippen LogP contribution in [0, 0.1) is 0 Å². The Morgan fingerprint density at radius 2 is 1.74 bits per heavy atom. The molecule has 10 heteroatoms. The first-order valence-electron chi connectivity index (χ1n) is 4.55. The molecule has 1 heterocycles. The van der Waals surface area contributed by atoms with E-state index in [0.717, 1.165) is 7.11 Å². The Labute approximate surface area is 101 Å². The van der Waals surface area contributed by atoms with Gasteiger partial charge < -0.3 is 9.47 Å². The fraction of sp³-hybridized carbons (Fsp3) is 0.444. The van der Waals surface area contributed by atoms with Gasteiger partial charge in [-0.2, -0.15) is 13.2 Å². The van der Waals surface area contributed by atoms with Crippen molar-refractivity contribution in [3.63, 3.8) is 0 Å². The minimum absolute atomic E-state index is 0.00572. The lowest BCUT2D eigenvalue weighted by molar-refractivity contribution is -0.275. The van der Waals surface area contributed by atoms with Gasteiger partial charge in [0.2, 0.25) is 0 Å². The van der Waals surface area contributed by atoms with Crippen molar-refractivity contribution in [1.29, 1.82) is 0 Å². The predicted molar refractivity (Wildman–Crippen MR) is 47.3 cm³/mol. The molecule has 0 spiro atoms. The van der Waals surface area contributed by atoms with Crippen molar-refractivity contribution >= 4 is 0 Å². The number of pyridine rings is 1. The maximum atomic E-state index is 12.5. The van der Waals surface area contributed by atoms with Crippen LogP contribution in [0.25, 0.3) is 0 Å². The Kier molecular flexibility index (Phi) is 4.11. The number of nitrogens with zero attached hydrogens (tertiary/aromatic N) is 1. The topological polar surface area (TPSA) is 31.4 Å². The Morgan fingerprint density at radius 3 is 2.11 bits per heavy atom. The second-order valence-electron chi connectivity index (χ2n) is 3.17. The highest BCUT2D eigenvalue weighted by Gasteiger charge is 2.38. The third-order valence-electron chi connectivity index (χ3n) is 1.88. The molecule has 108 valence electrons. The summed E-state index contributed by atoms with van der Waals surface area (Å²) in [5.41, 5.74) is -2.74. The molecular weight excluding hydrogens is 287 g/mol. The summed E-state index contributed by atoms with van der Waals surface area (Å²) < 4.78 is 93.6. The van der Waals surface area contributed by atoms with Gasteiger partial charge in [-0.05, 0) is 0 Å². The molecule has 0 aliphatic heterocycles. The molecule has 1 rings (SSSR count). The molecule has 3 nitrogen and oxygen atoms in total. The van der Waals surface area contributed by atoms with Crippen molar-refractivity contribution in [2.75, 3.05) is 7.11 Å². The first-order valence-corrected chi connectivity index (χ1v) is 4.55. The molecule has 19 heavy (non-hydrogen) atoms. The quantitative estimate of drug-likeness (QED) is 0.800. The number of rotatable bonds is 3. The molecule has 0 aliphatic rings. The fourth-order valence-corrected chi connectivity index (χ4v) is 1.21. The van der Waals surface area contributed by atoms with Crippen LogP contribution in [0.15, 0.2) is 6.07 Å². The zero-order chi connectivity index (χ0) is 14.8. The van der Waals surface area contributed by atoms with Crippen LogP contribution in [0.5, 0.6) is 11.6 Å². The van der Waals surface area contributed by atoms with Gasteiger partial charge in [-0.3, -0.25) is 0 Å². The van der Waals surface area contributed by atoms with Crippen molar-refractivity contribution in [3.05, 3.63) is 17.3 Å². The van der Waals surface area contributed by atoms with Crippen LogP contribution in [-0.2, 0) is 12.9 Å². The van der Waals surface area contributed by atoms with Crippen LogP contribution in [0.2, 0.25) is 0 Å². The maximum Gasteiger partial charge on any atom is 0.573 e. The molecule has 1 aromatic rings. The largest absolute Gasteiger partial charge is 0.573 e. The van der Waals surface area contributed by atoms with E-state index in [4.69, 9.17) is 0 Å². The van der Waals surface area contributed by atoms with Crippen LogP contribution in [0.4, 0.5) is 30.7 Å². The summed E-state index contributed by atoms with van der Waals surface area (Å²) in [4.78, 5) is 3.02. The molecule has 0 fully saturated rings. The molecule has 0 radical (unpaired) electrons. The van der Waals surface area contributed by atoms with E-state index in [1.54, 1.807) is 0 Å². The van der Waals surface area contributed by atoms with E-state index in [9.17, 15) is 30.7 Å². The van der Waals surface area contributed by atoms with E-state index in [0.29, 0.717) is 0 Å². The molecule has 0 saturated heterocycles. The van der Waals surface area contributed by atoms with Gasteiger partial charge in [-0.15, -0.1) is 13.2 Å². The maximum absolute atomic E-state index is 12.5. The number of halogens is 7. The van der Waals surface area contributed by atoms with E-state index in [-0.39, 0.29) is 6.07 Å². The van der Waals surface area contributed by atoms with E-state index in [2.05, 4.69) is 14.5 Å². The van der Waals surface area contributed by atoms with E-state index >= 15 is 0 Å². The monoisotopic (exact) mass is 293 g/mol. The smallest absolute Gasteiger partial charge is 0.478 e. The van der Waals surface area contributed by atoms with Crippen LogP contribution < -0.4 is 9.47 Å². The minimum Gasteiger partial charge on any atom is -0.478 e. The van der Waals surface area contributed by atoms with E-state index in [1.807, 2.05) is 0 Å². The lowest BCUT2D eigenvalue weighted by Gasteiger charge is -2.16.